The van der Waals surface area contributed by atoms with Gasteiger partial charge in [0, 0.05) is 25.2 Å². The number of nitrogens with two attached hydrogens (primary N) is 1. The lowest BCUT2D eigenvalue weighted by atomic mass is 9.99. The molecule has 3 heteroatoms. The quantitative estimate of drug-likeness (QED) is 0.866. The third kappa shape index (κ3) is 3.06. The molecule has 0 aliphatic carbocycles. The summed E-state index contributed by atoms with van der Waals surface area (Å²) in [6.45, 7) is 7.09. The first-order chi connectivity index (χ1) is 8.18. The topological polar surface area (TPSA) is 38.5 Å². The fraction of sp³-hybridized carbons (Fsp3) is 0.571. The van der Waals surface area contributed by atoms with Crippen LogP contribution in [-0.2, 0) is 4.74 Å². The summed E-state index contributed by atoms with van der Waals surface area (Å²) in [5, 5.41) is 0. The third-order valence-electron chi connectivity index (χ3n) is 3.55. The van der Waals surface area contributed by atoms with Gasteiger partial charge in [-0.3, -0.25) is 4.90 Å². The molecule has 2 rings (SSSR count). The van der Waals surface area contributed by atoms with Crippen molar-refractivity contribution in [1.82, 2.24) is 4.90 Å². The number of nitrogens with zero attached hydrogens (tertiary/aromatic N) is 1. The van der Waals surface area contributed by atoms with Gasteiger partial charge >= 0.3 is 0 Å². The predicted molar refractivity (Wildman–Crippen MR) is 69.8 cm³/mol. The Morgan fingerprint density at radius 3 is 2.71 bits per heavy atom. The van der Waals surface area contributed by atoms with Gasteiger partial charge in [0.25, 0.3) is 0 Å². The van der Waals surface area contributed by atoms with Gasteiger partial charge in [-0.15, -0.1) is 0 Å². The van der Waals surface area contributed by atoms with Gasteiger partial charge in [0.05, 0.1) is 12.7 Å². The van der Waals surface area contributed by atoms with Gasteiger partial charge in [-0.25, -0.2) is 0 Å². The minimum Gasteiger partial charge on any atom is -0.376 e. The highest BCUT2D eigenvalue weighted by molar-refractivity contribution is 5.19. The van der Waals surface area contributed by atoms with Gasteiger partial charge in [0.1, 0.15) is 0 Å². The maximum absolute atomic E-state index is 6.33. The second-order valence-corrected chi connectivity index (χ2v) is 4.85. The summed E-state index contributed by atoms with van der Waals surface area (Å²) in [7, 11) is 0. The maximum Gasteiger partial charge on any atom is 0.0674 e. The molecule has 3 atom stereocenters. The van der Waals surface area contributed by atoms with Crippen LogP contribution in [0, 0.1) is 0 Å². The van der Waals surface area contributed by atoms with Crippen LogP contribution in [0.4, 0.5) is 0 Å². The van der Waals surface area contributed by atoms with Gasteiger partial charge in [-0.05, 0) is 19.4 Å². The molecule has 1 aromatic rings. The standard InChI is InChI=1S/C14H22N2O/c1-11-10-16(8-9-17-11)12(2)14(15)13-6-4-3-5-7-13/h3-7,11-12,14H,8-10,15H2,1-2H3. The molecule has 94 valence electrons. The average molecular weight is 234 g/mol. The molecule has 1 saturated heterocycles. The summed E-state index contributed by atoms with van der Waals surface area (Å²) in [6.07, 6.45) is 0.314. The van der Waals surface area contributed by atoms with E-state index in [0.29, 0.717) is 12.1 Å². The highest BCUT2D eigenvalue weighted by Gasteiger charge is 2.25. The lowest BCUT2D eigenvalue weighted by Crippen LogP contribution is -2.49. The molecule has 1 heterocycles. The summed E-state index contributed by atoms with van der Waals surface area (Å²) in [6, 6.07) is 10.7. The minimum absolute atomic E-state index is 0.0708. The lowest BCUT2D eigenvalue weighted by molar-refractivity contribution is -0.0350. The van der Waals surface area contributed by atoms with E-state index in [2.05, 4.69) is 30.9 Å². The molecular weight excluding hydrogens is 212 g/mol. The summed E-state index contributed by atoms with van der Waals surface area (Å²) in [4.78, 5) is 2.42. The summed E-state index contributed by atoms with van der Waals surface area (Å²) in [5.74, 6) is 0. The largest absolute Gasteiger partial charge is 0.376 e. The van der Waals surface area contributed by atoms with Crippen molar-refractivity contribution in [2.24, 2.45) is 5.73 Å². The van der Waals surface area contributed by atoms with Crippen LogP contribution in [0.2, 0.25) is 0 Å². The van der Waals surface area contributed by atoms with E-state index in [1.54, 1.807) is 0 Å². The zero-order valence-electron chi connectivity index (χ0n) is 10.7. The zero-order chi connectivity index (χ0) is 12.3. The van der Waals surface area contributed by atoms with Crippen molar-refractivity contribution in [2.45, 2.75) is 32.0 Å². The molecule has 17 heavy (non-hydrogen) atoms. The van der Waals surface area contributed by atoms with E-state index in [1.807, 2.05) is 18.2 Å². The third-order valence-corrected chi connectivity index (χ3v) is 3.55. The van der Waals surface area contributed by atoms with Crippen LogP contribution in [0.5, 0.6) is 0 Å². The fourth-order valence-electron chi connectivity index (χ4n) is 2.40. The molecule has 3 nitrogen and oxygen atoms in total. The van der Waals surface area contributed by atoms with E-state index in [9.17, 15) is 0 Å². The molecule has 0 saturated carbocycles. The van der Waals surface area contributed by atoms with Crippen molar-refractivity contribution in [3.63, 3.8) is 0 Å². The molecule has 0 radical (unpaired) electrons. The molecule has 3 unspecified atom stereocenters. The Kier molecular flexibility index (Phi) is 4.15. The van der Waals surface area contributed by atoms with E-state index in [1.165, 1.54) is 5.56 Å². The van der Waals surface area contributed by atoms with Gasteiger partial charge in [0.15, 0.2) is 0 Å². The average Bonchev–Trinajstić information content (AvgIpc) is 2.38. The summed E-state index contributed by atoms with van der Waals surface area (Å²) in [5.41, 5.74) is 7.54. The maximum atomic E-state index is 6.33. The van der Waals surface area contributed by atoms with Gasteiger partial charge in [-0.1, -0.05) is 30.3 Å². The molecule has 1 aliphatic rings. The highest BCUT2D eigenvalue weighted by Crippen LogP contribution is 2.20. The number of hydrogen-bond acceptors (Lipinski definition) is 3. The van der Waals surface area contributed by atoms with Crippen LogP contribution < -0.4 is 5.73 Å². The van der Waals surface area contributed by atoms with Gasteiger partial charge in [0.2, 0.25) is 0 Å². The van der Waals surface area contributed by atoms with Crippen molar-refractivity contribution in [3.05, 3.63) is 35.9 Å². The first kappa shape index (κ1) is 12.6. The Hall–Kier alpha value is -0.900. The van der Waals surface area contributed by atoms with Crippen molar-refractivity contribution in [3.8, 4) is 0 Å². The van der Waals surface area contributed by atoms with E-state index in [-0.39, 0.29) is 6.04 Å². The summed E-state index contributed by atoms with van der Waals surface area (Å²) < 4.78 is 5.56. The second-order valence-electron chi connectivity index (χ2n) is 4.85. The van der Waals surface area contributed by atoms with E-state index in [4.69, 9.17) is 10.5 Å². The Morgan fingerprint density at radius 2 is 2.06 bits per heavy atom. The van der Waals surface area contributed by atoms with Crippen molar-refractivity contribution in [1.29, 1.82) is 0 Å². The Labute approximate surface area is 104 Å². The molecule has 0 spiro atoms. The monoisotopic (exact) mass is 234 g/mol. The van der Waals surface area contributed by atoms with Crippen molar-refractivity contribution >= 4 is 0 Å². The normalized spacial score (nSPS) is 25.5. The molecule has 1 fully saturated rings. The number of benzene rings is 1. The predicted octanol–water partition coefficient (Wildman–Crippen LogP) is 1.80. The Bertz CT molecular complexity index is 341. The Morgan fingerprint density at radius 1 is 1.35 bits per heavy atom. The number of morpholine rings is 1. The number of rotatable bonds is 3. The molecule has 0 amide bonds. The smallest absolute Gasteiger partial charge is 0.0674 e. The van der Waals surface area contributed by atoms with Crippen LogP contribution in [0.1, 0.15) is 25.5 Å². The molecule has 1 aliphatic heterocycles. The van der Waals surface area contributed by atoms with Crippen LogP contribution in [0.15, 0.2) is 30.3 Å². The number of ether oxygens (including phenoxy) is 1. The molecule has 0 aromatic heterocycles. The molecular formula is C14H22N2O. The van der Waals surface area contributed by atoms with E-state index >= 15 is 0 Å². The van der Waals surface area contributed by atoms with Crippen LogP contribution >= 0.6 is 0 Å². The molecule has 2 N–H and O–H groups in total. The van der Waals surface area contributed by atoms with Crippen molar-refractivity contribution < 1.29 is 4.74 Å². The van der Waals surface area contributed by atoms with Crippen LogP contribution in [0.25, 0.3) is 0 Å². The fourth-order valence-corrected chi connectivity index (χ4v) is 2.40. The molecule has 0 bridgehead atoms. The van der Waals surface area contributed by atoms with Crippen LogP contribution in [-0.4, -0.2) is 36.7 Å². The van der Waals surface area contributed by atoms with Gasteiger partial charge in [-0.2, -0.15) is 0 Å². The zero-order valence-corrected chi connectivity index (χ0v) is 10.7. The van der Waals surface area contributed by atoms with Crippen molar-refractivity contribution in [2.75, 3.05) is 19.7 Å². The highest BCUT2D eigenvalue weighted by atomic mass is 16.5. The minimum atomic E-state index is 0.0708. The lowest BCUT2D eigenvalue weighted by Gasteiger charge is -2.38. The first-order valence-electron chi connectivity index (χ1n) is 6.34. The van der Waals surface area contributed by atoms with E-state index in [0.717, 1.165) is 19.7 Å². The summed E-state index contributed by atoms with van der Waals surface area (Å²) >= 11 is 0. The Balaban J connectivity index is 2.01. The molecule has 1 aromatic carbocycles. The SMILES string of the molecule is CC1CN(C(C)C(N)c2ccccc2)CCO1. The first-order valence-corrected chi connectivity index (χ1v) is 6.34. The van der Waals surface area contributed by atoms with E-state index < -0.39 is 0 Å². The number of hydrogen-bond donors (Lipinski definition) is 1. The van der Waals surface area contributed by atoms with Gasteiger partial charge < -0.3 is 10.5 Å². The van der Waals surface area contributed by atoms with Crippen LogP contribution in [0.3, 0.4) is 0 Å². The second kappa shape index (κ2) is 5.63.